The average Bonchev–Trinajstić information content (AvgIpc) is 2.02. The van der Waals surface area contributed by atoms with E-state index >= 15 is 0 Å². The molecule has 0 radical (unpaired) electrons. The summed E-state index contributed by atoms with van der Waals surface area (Å²) in [6.45, 7) is 3.08. The van der Waals surface area contributed by atoms with Crippen molar-refractivity contribution in [2.45, 2.75) is 26.4 Å². The zero-order valence-electron chi connectivity index (χ0n) is 7.39. The lowest BCUT2D eigenvalue weighted by Gasteiger charge is -2.05. The summed E-state index contributed by atoms with van der Waals surface area (Å²) in [5, 5.41) is 8.49. The zero-order chi connectivity index (χ0) is 10.4. The molecule has 0 saturated heterocycles. The van der Waals surface area contributed by atoms with Crippen LogP contribution in [0.2, 0.25) is 0 Å². The molecule has 5 nitrogen and oxygen atoms in total. The average molecular weight is 208 g/mol. The molecule has 0 amide bonds. The molecule has 0 saturated carbocycles. The molecule has 13 heavy (non-hydrogen) atoms. The Morgan fingerprint density at radius 1 is 1.62 bits per heavy atom. The van der Waals surface area contributed by atoms with Crippen molar-refractivity contribution < 1.29 is 22.5 Å². The van der Waals surface area contributed by atoms with Gasteiger partial charge in [0.15, 0.2) is 0 Å². The molecule has 0 aliphatic rings. The molecule has 0 aliphatic heterocycles. The van der Waals surface area contributed by atoms with Gasteiger partial charge in [0.1, 0.15) is 0 Å². The lowest BCUT2D eigenvalue weighted by atomic mass is 10.2. The minimum Gasteiger partial charge on any atom is -0.478 e. The highest BCUT2D eigenvalue weighted by atomic mass is 32.2. The summed E-state index contributed by atoms with van der Waals surface area (Å²) in [5.74, 6) is -1.08. The topological polar surface area (TPSA) is 80.7 Å². The lowest BCUT2D eigenvalue weighted by Crippen LogP contribution is -2.10. The Kier molecular flexibility index (Phi) is 5.33. The molecule has 1 N–H and O–H groups in total. The van der Waals surface area contributed by atoms with Crippen LogP contribution in [0.1, 0.15) is 20.3 Å². The molecule has 0 aromatic heterocycles. The van der Waals surface area contributed by atoms with Crippen LogP contribution in [-0.4, -0.2) is 25.6 Å². The minimum atomic E-state index is -2.93. The van der Waals surface area contributed by atoms with E-state index in [1.807, 2.05) is 0 Å². The van der Waals surface area contributed by atoms with Gasteiger partial charge < -0.3 is 5.11 Å². The van der Waals surface area contributed by atoms with Gasteiger partial charge in [0.05, 0.1) is 6.10 Å². The number of carbonyl (C=O) groups is 1. The third-order valence-corrected chi connectivity index (χ3v) is 1.84. The van der Waals surface area contributed by atoms with Gasteiger partial charge in [0.25, 0.3) is 11.0 Å². The van der Waals surface area contributed by atoms with Gasteiger partial charge in [-0.2, -0.15) is 0 Å². The van der Waals surface area contributed by atoms with Crippen molar-refractivity contribution >= 4 is 17.0 Å². The second kappa shape index (κ2) is 5.71. The van der Waals surface area contributed by atoms with Crippen molar-refractivity contribution in [1.29, 1.82) is 0 Å². The van der Waals surface area contributed by atoms with E-state index in [1.165, 1.54) is 13.0 Å². The first-order valence-corrected chi connectivity index (χ1v) is 4.79. The second-order valence-corrected chi connectivity index (χ2v) is 3.09. The summed E-state index contributed by atoms with van der Waals surface area (Å²) < 4.78 is 24.8. The largest absolute Gasteiger partial charge is 0.478 e. The van der Waals surface area contributed by atoms with Gasteiger partial charge in [-0.25, -0.2) is 13.2 Å². The van der Waals surface area contributed by atoms with Gasteiger partial charge in [-0.3, -0.25) is 4.18 Å². The van der Waals surface area contributed by atoms with Crippen molar-refractivity contribution in [2.24, 2.45) is 0 Å². The smallest absolute Gasteiger partial charge is 0.331 e. The minimum absolute atomic E-state index is 0.0729. The molecular formula is C7H12O5S. The molecule has 76 valence electrons. The highest BCUT2D eigenvalue weighted by Gasteiger charge is 2.07. The highest BCUT2D eigenvalue weighted by molar-refractivity contribution is 7.67. The third-order valence-electron chi connectivity index (χ3n) is 1.40. The van der Waals surface area contributed by atoms with Crippen LogP contribution in [0.15, 0.2) is 11.6 Å². The Hall–Kier alpha value is -0.880. The summed E-state index contributed by atoms with van der Waals surface area (Å²) in [6, 6.07) is 0. The van der Waals surface area contributed by atoms with Gasteiger partial charge in [0.2, 0.25) is 0 Å². The van der Waals surface area contributed by atoms with E-state index in [9.17, 15) is 13.2 Å². The molecule has 0 aromatic rings. The van der Waals surface area contributed by atoms with E-state index in [4.69, 9.17) is 5.11 Å². The quantitative estimate of drug-likeness (QED) is 0.503. The molecule has 0 fully saturated rings. The van der Waals surface area contributed by atoms with Crippen LogP contribution < -0.4 is 0 Å². The van der Waals surface area contributed by atoms with Crippen molar-refractivity contribution in [3.05, 3.63) is 11.6 Å². The molecule has 0 aromatic carbocycles. The molecule has 1 unspecified atom stereocenters. The first-order valence-electron chi connectivity index (χ1n) is 3.70. The van der Waals surface area contributed by atoms with Crippen LogP contribution in [0.25, 0.3) is 0 Å². The monoisotopic (exact) mass is 208 g/mol. The van der Waals surface area contributed by atoms with Gasteiger partial charge in [0, 0.05) is 5.57 Å². The fraction of sp³-hybridized carbons (Fsp3) is 0.571. The van der Waals surface area contributed by atoms with Gasteiger partial charge in [-0.1, -0.05) is 6.92 Å². The number of aliphatic carboxylic acids is 1. The molecule has 0 rings (SSSR count). The Morgan fingerprint density at radius 3 is 2.46 bits per heavy atom. The van der Waals surface area contributed by atoms with Crippen LogP contribution in [0, 0.1) is 0 Å². The fourth-order valence-corrected chi connectivity index (χ4v) is 1.11. The van der Waals surface area contributed by atoms with Gasteiger partial charge in [-0.05, 0) is 19.4 Å². The molecule has 0 aliphatic carbocycles. The zero-order valence-corrected chi connectivity index (χ0v) is 8.28. The van der Waals surface area contributed by atoms with Crippen molar-refractivity contribution in [3.8, 4) is 0 Å². The van der Waals surface area contributed by atoms with E-state index in [2.05, 4.69) is 4.18 Å². The first kappa shape index (κ1) is 12.1. The predicted octanol–water partition coefficient (Wildman–Crippen LogP) is 0.339. The standard InChI is InChI=1S/C7H12O5S/c1-3-6(12-13(10)11)4-5(2)7(8)9/h4,6,13H,3H2,1-2H3,(H,8,9). The third kappa shape index (κ3) is 5.37. The van der Waals surface area contributed by atoms with Crippen molar-refractivity contribution in [2.75, 3.05) is 0 Å². The molecule has 0 heterocycles. The first-order chi connectivity index (χ1) is 5.97. The Balaban J connectivity index is 4.43. The summed E-state index contributed by atoms with van der Waals surface area (Å²) in [7, 11) is -2.93. The maximum Gasteiger partial charge on any atom is 0.331 e. The number of hydrogen-bond acceptors (Lipinski definition) is 4. The van der Waals surface area contributed by atoms with Gasteiger partial charge >= 0.3 is 5.97 Å². The van der Waals surface area contributed by atoms with Crippen LogP contribution in [0.4, 0.5) is 0 Å². The Labute approximate surface area is 78.2 Å². The van der Waals surface area contributed by atoms with Crippen molar-refractivity contribution in [1.82, 2.24) is 0 Å². The van der Waals surface area contributed by atoms with Crippen molar-refractivity contribution in [3.63, 3.8) is 0 Å². The summed E-state index contributed by atoms with van der Waals surface area (Å²) in [6.07, 6.45) is 0.999. The van der Waals surface area contributed by atoms with E-state index in [-0.39, 0.29) is 5.57 Å². The maximum atomic E-state index is 10.4. The predicted molar refractivity (Wildman–Crippen MR) is 46.9 cm³/mol. The summed E-state index contributed by atoms with van der Waals surface area (Å²) in [4.78, 5) is 10.4. The van der Waals surface area contributed by atoms with Gasteiger partial charge in [-0.15, -0.1) is 0 Å². The van der Waals surface area contributed by atoms with E-state index < -0.39 is 23.1 Å². The number of carboxylic acid groups (broad SMARTS) is 1. The molecule has 0 bridgehead atoms. The fourth-order valence-electron chi connectivity index (χ4n) is 0.683. The highest BCUT2D eigenvalue weighted by Crippen LogP contribution is 2.04. The molecular weight excluding hydrogens is 196 g/mol. The number of hydrogen-bond donors (Lipinski definition) is 2. The van der Waals surface area contributed by atoms with Crippen LogP contribution in [-0.2, 0) is 20.0 Å². The normalized spacial score (nSPS) is 14.5. The second-order valence-electron chi connectivity index (χ2n) is 2.43. The number of thiol groups is 1. The number of rotatable bonds is 5. The Bertz CT molecular complexity index is 271. The molecule has 0 spiro atoms. The molecule has 6 heteroatoms. The van der Waals surface area contributed by atoms with Crippen LogP contribution in [0.3, 0.4) is 0 Å². The van der Waals surface area contributed by atoms with Crippen LogP contribution in [0.5, 0.6) is 0 Å². The lowest BCUT2D eigenvalue weighted by molar-refractivity contribution is -0.132. The summed E-state index contributed by atoms with van der Waals surface area (Å²) in [5.41, 5.74) is 0.0729. The number of carboxylic acids is 1. The maximum absolute atomic E-state index is 10.4. The van der Waals surface area contributed by atoms with E-state index in [0.717, 1.165) is 0 Å². The van der Waals surface area contributed by atoms with Crippen LogP contribution >= 0.6 is 0 Å². The van der Waals surface area contributed by atoms with E-state index in [1.54, 1.807) is 6.92 Å². The summed E-state index contributed by atoms with van der Waals surface area (Å²) >= 11 is 0. The SMILES string of the molecule is CCC(C=C(C)C(=O)O)O[SH](=O)=O. The van der Waals surface area contributed by atoms with E-state index in [0.29, 0.717) is 6.42 Å². The molecule has 1 atom stereocenters. The Morgan fingerprint density at radius 2 is 2.15 bits per heavy atom.